The summed E-state index contributed by atoms with van der Waals surface area (Å²) in [5.41, 5.74) is 2.18. The lowest BCUT2D eigenvalue weighted by Crippen LogP contribution is -2.36. The number of halogens is 1. The van der Waals surface area contributed by atoms with E-state index in [1.54, 1.807) is 4.68 Å². The smallest absolute Gasteiger partial charge is 0.130 e. The second-order valence-electron chi connectivity index (χ2n) is 4.70. The van der Waals surface area contributed by atoms with E-state index in [4.69, 9.17) is 16.3 Å². The first-order valence-electron chi connectivity index (χ1n) is 6.06. The van der Waals surface area contributed by atoms with Crippen LogP contribution in [0, 0.1) is 12.8 Å². The van der Waals surface area contributed by atoms with Crippen LogP contribution in [0.3, 0.4) is 0 Å². The molecule has 0 amide bonds. The summed E-state index contributed by atoms with van der Waals surface area (Å²) in [6.45, 7) is 3.74. The van der Waals surface area contributed by atoms with E-state index in [2.05, 4.69) is 10.4 Å². The van der Waals surface area contributed by atoms with Gasteiger partial charge in [0.25, 0.3) is 0 Å². The molecule has 0 radical (unpaired) electrons. The molecule has 1 fully saturated rings. The van der Waals surface area contributed by atoms with Crippen LogP contribution in [0.2, 0.25) is 5.15 Å². The van der Waals surface area contributed by atoms with Crippen LogP contribution in [0.15, 0.2) is 0 Å². The lowest BCUT2D eigenvalue weighted by molar-refractivity contribution is 0.177. The SMILES string of the molecule is CNC(Cc1c(C)nn(C)c1Cl)C1CCOC1. The number of likely N-dealkylation sites (N-methyl/N-ethyl adjacent to an activating group) is 1. The third-order valence-electron chi connectivity index (χ3n) is 3.60. The van der Waals surface area contributed by atoms with Crippen LogP contribution in [0.25, 0.3) is 0 Å². The van der Waals surface area contributed by atoms with Gasteiger partial charge in [0.05, 0.1) is 12.3 Å². The highest BCUT2D eigenvalue weighted by atomic mass is 35.5. The zero-order chi connectivity index (χ0) is 12.4. The van der Waals surface area contributed by atoms with E-state index in [9.17, 15) is 0 Å². The van der Waals surface area contributed by atoms with Gasteiger partial charge >= 0.3 is 0 Å². The zero-order valence-corrected chi connectivity index (χ0v) is 11.4. The molecule has 1 aromatic rings. The van der Waals surface area contributed by atoms with Gasteiger partial charge in [-0.1, -0.05) is 11.6 Å². The van der Waals surface area contributed by atoms with Crippen LogP contribution in [-0.2, 0) is 18.2 Å². The van der Waals surface area contributed by atoms with Gasteiger partial charge in [0.1, 0.15) is 5.15 Å². The number of hydrogen-bond donors (Lipinski definition) is 1. The summed E-state index contributed by atoms with van der Waals surface area (Å²) in [6.07, 6.45) is 2.05. The number of aromatic nitrogens is 2. The van der Waals surface area contributed by atoms with Crippen LogP contribution < -0.4 is 5.32 Å². The second kappa shape index (κ2) is 5.38. The Morgan fingerprint density at radius 1 is 1.65 bits per heavy atom. The zero-order valence-electron chi connectivity index (χ0n) is 10.7. The fraction of sp³-hybridized carbons (Fsp3) is 0.750. The van der Waals surface area contributed by atoms with Gasteiger partial charge in [0, 0.05) is 31.2 Å². The highest BCUT2D eigenvalue weighted by molar-refractivity contribution is 6.30. The molecule has 2 atom stereocenters. The first-order chi connectivity index (χ1) is 8.13. The van der Waals surface area contributed by atoms with E-state index < -0.39 is 0 Å². The first kappa shape index (κ1) is 12.9. The fourth-order valence-electron chi connectivity index (χ4n) is 2.50. The Morgan fingerprint density at radius 2 is 2.41 bits per heavy atom. The molecular formula is C12H20ClN3O. The summed E-state index contributed by atoms with van der Waals surface area (Å²) in [7, 11) is 3.88. The van der Waals surface area contributed by atoms with E-state index in [0.29, 0.717) is 12.0 Å². The number of nitrogens with one attached hydrogen (secondary N) is 1. The summed E-state index contributed by atoms with van der Waals surface area (Å²) in [5, 5.41) is 8.48. The van der Waals surface area contributed by atoms with Crippen LogP contribution in [-0.4, -0.2) is 36.1 Å². The number of hydrogen-bond acceptors (Lipinski definition) is 3. The van der Waals surface area contributed by atoms with E-state index in [-0.39, 0.29) is 0 Å². The van der Waals surface area contributed by atoms with Crippen LogP contribution in [0.5, 0.6) is 0 Å². The fourth-order valence-corrected chi connectivity index (χ4v) is 2.75. The maximum atomic E-state index is 6.26. The molecule has 0 spiro atoms. The van der Waals surface area contributed by atoms with Crippen molar-refractivity contribution in [2.24, 2.45) is 13.0 Å². The predicted molar refractivity (Wildman–Crippen MR) is 68.4 cm³/mol. The Bertz CT molecular complexity index is 385. The molecule has 0 aliphatic carbocycles. The number of nitrogens with zero attached hydrogens (tertiary/aromatic N) is 2. The lowest BCUT2D eigenvalue weighted by atomic mass is 9.93. The van der Waals surface area contributed by atoms with Gasteiger partial charge in [0.15, 0.2) is 0 Å². The molecule has 0 saturated carbocycles. The molecule has 5 heteroatoms. The Kier molecular flexibility index (Phi) is 4.07. The first-order valence-corrected chi connectivity index (χ1v) is 6.44. The molecular weight excluding hydrogens is 238 g/mol. The normalized spacial score (nSPS) is 22.0. The molecule has 1 aliphatic heterocycles. The van der Waals surface area contributed by atoms with Crippen LogP contribution in [0.4, 0.5) is 0 Å². The molecule has 17 heavy (non-hydrogen) atoms. The van der Waals surface area contributed by atoms with Gasteiger partial charge in [-0.15, -0.1) is 0 Å². The van der Waals surface area contributed by atoms with E-state index in [1.165, 1.54) is 0 Å². The lowest BCUT2D eigenvalue weighted by Gasteiger charge is -2.21. The molecule has 2 unspecified atom stereocenters. The average Bonchev–Trinajstić information content (AvgIpc) is 2.89. The Hall–Kier alpha value is -0.580. The van der Waals surface area contributed by atoms with E-state index in [0.717, 1.165) is 42.5 Å². The van der Waals surface area contributed by atoms with Crippen molar-refractivity contribution in [1.29, 1.82) is 0 Å². The Labute approximate surface area is 107 Å². The molecule has 1 N–H and O–H groups in total. The molecule has 1 aromatic heterocycles. The molecule has 96 valence electrons. The number of aryl methyl sites for hydroxylation is 2. The molecule has 2 heterocycles. The standard InChI is InChI=1S/C12H20ClN3O/c1-8-10(12(13)16(3)15-8)6-11(14-2)9-4-5-17-7-9/h9,11,14H,4-7H2,1-3H3. The van der Waals surface area contributed by atoms with Gasteiger partial charge in [-0.05, 0) is 26.8 Å². The largest absolute Gasteiger partial charge is 0.381 e. The van der Waals surface area contributed by atoms with Gasteiger partial charge in [-0.25, -0.2) is 0 Å². The molecule has 1 saturated heterocycles. The van der Waals surface area contributed by atoms with Crippen molar-refractivity contribution in [3.05, 3.63) is 16.4 Å². The maximum absolute atomic E-state index is 6.26. The van der Waals surface area contributed by atoms with Crippen molar-refractivity contribution in [3.63, 3.8) is 0 Å². The summed E-state index contributed by atoms with van der Waals surface area (Å²) < 4.78 is 7.19. The summed E-state index contributed by atoms with van der Waals surface area (Å²) in [6, 6.07) is 0.415. The van der Waals surface area contributed by atoms with Crippen molar-refractivity contribution in [2.75, 3.05) is 20.3 Å². The van der Waals surface area contributed by atoms with Crippen molar-refractivity contribution in [1.82, 2.24) is 15.1 Å². The van der Waals surface area contributed by atoms with E-state index >= 15 is 0 Å². The van der Waals surface area contributed by atoms with Crippen molar-refractivity contribution in [2.45, 2.75) is 25.8 Å². The highest BCUT2D eigenvalue weighted by Crippen LogP contribution is 2.25. The summed E-state index contributed by atoms with van der Waals surface area (Å²) in [4.78, 5) is 0. The quantitative estimate of drug-likeness (QED) is 0.890. The van der Waals surface area contributed by atoms with Crippen molar-refractivity contribution < 1.29 is 4.74 Å². The molecule has 1 aliphatic rings. The van der Waals surface area contributed by atoms with Crippen molar-refractivity contribution in [3.8, 4) is 0 Å². The number of rotatable bonds is 4. The molecule has 0 aromatic carbocycles. The maximum Gasteiger partial charge on any atom is 0.130 e. The van der Waals surface area contributed by atoms with Gasteiger partial charge in [-0.2, -0.15) is 5.10 Å². The minimum absolute atomic E-state index is 0.415. The predicted octanol–water partition coefficient (Wildman–Crippen LogP) is 1.55. The van der Waals surface area contributed by atoms with Crippen LogP contribution in [0.1, 0.15) is 17.7 Å². The number of ether oxygens (including phenoxy) is 1. The van der Waals surface area contributed by atoms with Crippen LogP contribution >= 0.6 is 11.6 Å². The Balaban J connectivity index is 2.12. The van der Waals surface area contributed by atoms with Gasteiger partial charge < -0.3 is 10.1 Å². The topological polar surface area (TPSA) is 39.1 Å². The van der Waals surface area contributed by atoms with Gasteiger partial charge in [0.2, 0.25) is 0 Å². The molecule has 4 nitrogen and oxygen atoms in total. The third-order valence-corrected chi connectivity index (χ3v) is 4.07. The minimum Gasteiger partial charge on any atom is -0.381 e. The summed E-state index contributed by atoms with van der Waals surface area (Å²) >= 11 is 6.26. The Morgan fingerprint density at radius 3 is 2.88 bits per heavy atom. The van der Waals surface area contributed by atoms with E-state index in [1.807, 2.05) is 21.0 Å². The van der Waals surface area contributed by atoms with Crippen molar-refractivity contribution >= 4 is 11.6 Å². The highest BCUT2D eigenvalue weighted by Gasteiger charge is 2.26. The average molecular weight is 258 g/mol. The third kappa shape index (κ3) is 2.64. The monoisotopic (exact) mass is 257 g/mol. The summed E-state index contributed by atoms with van der Waals surface area (Å²) in [5.74, 6) is 0.579. The minimum atomic E-state index is 0.415. The van der Waals surface area contributed by atoms with Gasteiger partial charge in [-0.3, -0.25) is 4.68 Å². The molecule has 0 bridgehead atoms. The second-order valence-corrected chi connectivity index (χ2v) is 5.06. The molecule has 2 rings (SSSR count).